The van der Waals surface area contributed by atoms with Gasteiger partial charge in [0, 0.05) is 22.5 Å². The Morgan fingerprint density at radius 2 is 1.83 bits per heavy atom. The van der Waals surface area contributed by atoms with Gasteiger partial charge in [-0.15, -0.1) is 11.3 Å². The highest BCUT2D eigenvalue weighted by Crippen LogP contribution is 2.44. The van der Waals surface area contributed by atoms with Gasteiger partial charge in [-0.1, -0.05) is 0 Å². The Balaban J connectivity index is 1.67. The first kappa shape index (κ1) is 18.6. The van der Waals surface area contributed by atoms with Gasteiger partial charge in [0.15, 0.2) is 0 Å². The Morgan fingerprint density at radius 1 is 1.07 bits per heavy atom. The number of aliphatic hydroxyl groups is 1. The highest BCUT2D eigenvalue weighted by atomic mass is 32.1. The van der Waals surface area contributed by atoms with Gasteiger partial charge in [0.05, 0.1) is 26.2 Å². The maximum atomic E-state index is 11.0. The third-order valence-electron chi connectivity index (χ3n) is 6.00. The van der Waals surface area contributed by atoms with Crippen molar-refractivity contribution in [2.45, 2.75) is 45.3 Å². The van der Waals surface area contributed by atoms with Crippen LogP contribution in [0, 0.1) is 6.92 Å². The fourth-order valence-corrected chi connectivity index (χ4v) is 6.01. The summed E-state index contributed by atoms with van der Waals surface area (Å²) in [7, 11) is 3.30. The van der Waals surface area contributed by atoms with E-state index in [1.807, 2.05) is 30.4 Å². The largest absolute Gasteiger partial charge is 0.496 e. The smallest absolute Gasteiger partial charge is 0.141 e. The standard InChI is InChI=1S/C22H25N3O3S/c1-12-23-21(20-13-6-4-5-7-18(13)29-22(20)24-12)25-10-14-16(27-2)8-9-17(28-3)19(14)15(26)11-25/h8-9,15,26H,4-7,10-11H2,1-3H3. The second kappa shape index (κ2) is 7.15. The van der Waals surface area contributed by atoms with E-state index in [1.54, 1.807) is 14.2 Å². The van der Waals surface area contributed by atoms with E-state index in [0.717, 1.165) is 46.2 Å². The second-order valence-electron chi connectivity index (χ2n) is 7.74. The molecular weight excluding hydrogens is 386 g/mol. The molecule has 2 aliphatic rings. The number of hydrogen-bond acceptors (Lipinski definition) is 7. The molecule has 0 amide bonds. The molecule has 5 rings (SSSR count). The van der Waals surface area contributed by atoms with Crippen LogP contribution < -0.4 is 14.4 Å². The van der Waals surface area contributed by atoms with Crippen molar-refractivity contribution in [2.24, 2.45) is 0 Å². The molecule has 6 nitrogen and oxygen atoms in total. The summed E-state index contributed by atoms with van der Waals surface area (Å²) in [6, 6.07) is 3.76. The van der Waals surface area contributed by atoms with Crippen molar-refractivity contribution < 1.29 is 14.6 Å². The number of hydrogen-bond donors (Lipinski definition) is 1. The number of aromatic nitrogens is 2. The monoisotopic (exact) mass is 411 g/mol. The Kier molecular flexibility index (Phi) is 4.59. The zero-order valence-corrected chi connectivity index (χ0v) is 17.8. The van der Waals surface area contributed by atoms with Crippen LogP contribution in [-0.4, -0.2) is 35.8 Å². The predicted molar refractivity (Wildman–Crippen MR) is 114 cm³/mol. The average Bonchev–Trinajstić information content (AvgIpc) is 3.10. The summed E-state index contributed by atoms with van der Waals surface area (Å²) < 4.78 is 11.1. The molecule has 152 valence electrons. The van der Waals surface area contributed by atoms with Gasteiger partial charge in [-0.05, 0) is 50.3 Å². The summed E-state index contributed by atoms with van der Waals surface area (Å²) >= 11 is 1.81. The molecule has 0 spiro atoms. The lowest BCUT2D eigenvalue weighted by Gasteiger charge is -2.35. The minimum Gasteiger partial charge on any atom is -0.496 e. The van der Waals surface area contributed by atoms with Crippen LogP contribution in [0.25, 0.3) is 10.2 Å². The Morgan fingerprint density at radius 3 is 2.62 bits per heavy atom. The molecule has 3 heterocycles. The molecule has 0 radical (unpaired) electrons. The number of anilines is 1. The molecule has 1 aromatic carbocycles. The van der Waals surface area contributed by atoms with Crippen molar-refractivity contribution >= 4 is 27.4 Å². The normalized spacial score (nSPS) is 18.5. The van der Waals surface area contributed by atoms with E-state index in [0.29, 0.717) is 18.8 Å². The van der Waals surface area contributed by atoms with Crippen molar-refractivity contribution in [3.8, 4) is 11.5 Å². The minimum absolute atomic E-state index is 0.465. The van der Waals surface area contributed by atoms with Crippen molar-refractivity contribution in [3.05, 3.63) is 39.5 Å². The lowest BCUT2D eigenvalue weighted by molar-refractivity contribution is 0.169. The van der Waals surface area contributed by atoms with E-state index in [9.17, 15) is 5.11 Å². The molecule has 3 aromatic rings. The zero-order chi connectivity index (χ0) is 20.1. The molecular formula is C22H25N3O3S. The van der Waals surface area contributed by atoms with Crippen LogP contribution >= 0.6 is 11.3 Å². The van der Waals surface area contributed by atoms with Crippen LogP contribution in [0.1, 0.15) is 46.3 Å². The van der Waals surface area contributed by atoms with Crippen molar-refractivity contribution in [3.63, 3.8) is 0 Å². The van der Waals surface area contributed by atoms with E-state index in [4.69, 9.17) is 19.4 Å². The summed E-state index contributed by atoms with van der Waals surface area (Å²) in [5.74, 6) is 3.16. The quantitative estimate of drug-likeness (QED) is 0.704. The van der Waals surface area contributed by atoms with Crippen LogP contribution in [0.4, 0.5) is 5.82 Å². The molecule has 29 heavy (non-hydrogen) atoms. The highest BCUT2D eigenvalue weighted by molar-refractivity contribution is 7.19. The molecule has 1 N–H and O–H groups in total. The van der Waals surface area contributed by atoms with Gasteiger partial charge < -0.3 is 19.5 Å². The average molecular weight is 412 g/mol. The second-order valence-corrected chi connectivity index (χ2v) is 8.83. The lowest BCUT2D eigenvalue weighted by atomic mass is 9.94. The number of rotatable bonds is 3. The van der Waals surface area contributed by atoms with Crippen molar-refractivity contribution in [2.75, 3.05) is 25.7 Å². The van der Waals surface area contributed by atoms with Gasteiger partial charge in [0.2, 0.25) is 0 Å². The van der Waals surface area contributed by atoms with Gasteiger partial charge >= 0.3 is 0 Å². The topological polar surface area (TPSA) is 67.7 Å². The van der Waals surface area contributed by atoms with Crippen LogP contribution in [0.2, 0.25) is 0 Å². The SMILES string of the molecule is COc1ccc(OC)c2c1CN(c1nc(C)nc3sc4c(c13)CCCC4)CC2O. The molecule has 2 aromatic heterocycles. The summed E-state index contributed by atoms with van der Waals surface area (Å²) in [5.41, 5.74) is 3.18. The maximum absolute atomic E-state index is 11.0. The summed E-state index contributed by atoms with van der Waals surface area (Å²) in [5, 5.41) is 12.2. The lowest BCUT2D eigenvalue weighted by Crippen LogP contribution is -2.35. The Labute approximate surface area is 174 Å². The molecule has 0 saturated heterocycles. The van der Waals surface area contributed by atoms with Crippen molar-refractivity contribution in [1.82, 2.24) is 9.97 Å². The zero-order valence-electron chi connectivity index (χ0n) is 17.0. The van der Waals surface area contributed by atoms with Crippen molar-refractivity contribution in [1.29, 1.82) is 0 Å². The first-order chi connectivity index (χ1) is 14.1. The predicted octanol–water partition coefficient (Wildman–Crippen LogP) is 3.95. The molecule has 7 heteroatoms. The van der Waals surface area contributed by atoms with E-state index < -0.39 is 6.10 Å². The molecule has 0 saturated carbocycles. The minimum atomic E-state index is -0.677. The van der Waals surface area contributed by atoms with Crippen LogP contribution in [0.5, 0.6) is 11.5 Å². The first-order valence-corrected chi connectivity index (χ1v) is 10.9. The van der Waals surface area contributed by atoms with Crippen LogP contribution in [0.15, 0.2) is 12.1 Å². The summed E-state index contributed by atoms with van der Waals surface area (Å²) in [6.07, 6.45) is 3.99. The van der Waals surface area contributed by atoms with Gasteiger partial charge in [-0.25, -0.2) is 9.97 Å². The Bertz CT molecular complexity index is 1090. The third-order valence-corrected chi connectivity index (χ3v) is 7.18. The van der Waals surface area contributed by atoms with Gasteiger partial charge in [0.1, 0.15) is 34.1 Å². The number of β-amino-alcohol motifs (C(OH)–C–C–N with tert-alkyl or cyclic N) is 1. The van der Waals surface area contributed by atoms with E-state index in [1.165, 1.54) is 28.7 Å². The van der Waals surface area contributed by atoms with E-state index in [-0.39, 0.29) is 0 Å². The van der Waals surface area contributed by atoms with E-state index >= 15 is 0 Å². The first-order valence-electron chi connectivity index (χ1n) is 10.1. The number of aryl methyl sites for hydroxylation is 3. The fraction of sp³-hybridized carbons (Fsp3) is 0.455. The summed E-state index contributed by atoms with van der Waals surface area (Å²) in [6.45, 7) is 3.02. The molecule has 1 unspecified atom stereocenters. The number of fused-ring (bicyclic) bond motifs is 4. The molecule has 1 aliphatic carbocycles. The maximum Gasteiger partial charge on any atom is 0.141 e. The number of aliphatic hydroxyl groups excluding tert-OH is 1. The fourth-order valence-electron chi connectivity index (χ4n) is 4.71. The van der Waals surface area contributed by atoms with E-state index in [2.05, 4.69) is 4.90 Å². The Hall–Kier alpha value is -2.38. The molecule has 0 fully saturated rings. The number of methoxy groups -OCH3 is 2. The molecule has 1 atom stereocenters. The number of benzene rings is 1. The van der Waals surface area contributed by atoms with Gasteiger partial charge in [-0.3, -0.25) is 0 Å². The van der Waals surface area contributed by atoms with Gasteiger partial charge in [0.25, 0.3) is 0 Å². The van der Waals surface area contributed by atoms with Gasteiger partial charge in [-0.2, -0.15) is 0 Å². The van der Waals surface area contributed by atoms with Crippen LogP contribution in [-0.2, 0) is 19.4 Å². The number of nitrogens with zero attached hydrogens (tertiary/aromatic N) is 3. The summed E-state index contributed by atoms with van der Waals surface area (Å²) in [4.78, 5) is 14.3. The third kappa shape index (κ3) is 2.95. The molecule has 1 aliphatic heterocycles. The number of ether oxygens (including phenoxy) is 2. The highest BCUT2D eigenvalue weighted by Gasteiger charge is 2.32. The van der Waals surface area contributed by atoms with Crippen LogP contribution in [0.3, 0.4) is 0 Å². The molecule has 0 bridgehead atoms. The number of thiophene rings is 1.